The van der Waals surface area contributed by atoms with Crippen LogP contribution in [0.5, 0.6) is 0 Å². The van der Waals surface area contributed by atoms with Crippen LogP contribution in [0.2, 0.25) is 0 Å². The predicted molar refractivity (Wildman–Crippen MR) is 83.0 cm³/mol. The van der Waals surface area contributed by atoms with Crippen molar-refractivity contribution < 1.29 is 25.2 Å². The summed E-state index contributed by atoms with van der Waals surface area (Å²) in [4.78, 5) is 10.4. The van der Waals surface area contributed by atoms with E-state index >= 15 is 0 Å². The van der Waals surface area contributed by atoms with E-state index in [1.54, 1.807) is 0 Å². The molecule has 0 bridgehead atoms. The number of carbonyl (C=O) groups is 1. The molecule has 0 radical (unpaired) electrons. The van der Waals surface area contributed by atoms with E-state index in [1.165, 1.54) is 6.92 Å². The van der Waals surface area contributed by atoms with E-state index in [4.69, 9.17) is 19.9 Å². The van der Waals surface area contributed by atoms with Crippen LogP contribution in [-0.2, 0) is 23.7 Å². The zero-order valence-electron chi connectivity index (χ0n) is 13.8. The molecule has 0 rings (SSSR count). The lowest BCUT2D eigenvalue weighted by molar-refractivity contribution is -0.142. The van der Waals surface area contributed by atoms with Crippen molar-refractivity contribution in [1.82, 2.24) is 0 Å². The van der Waals surface area contributed by atoms with Gasteiger partial charge < -0.3 is 24.7 Å². The lowest BCUT2D eigenvalue weighted by Gasteiger charge is -2.06. The summed E-state index contributed by atoms with van der Waals surface area (Å²) in [5.41, 5.74) is 5.24. The number of nitrogens with two attached hydrogens (primary N) is 1. The number of esters is 1. The van der Waals surface area contributed by atoms with Crippen molar-refractivity contribution in [2.24, 2.45) is 5.73 Å². The molecule has 0 aromatic heterocycles. The first-order valence-corrected chi connectivity index (χ1v) is 7.34. The minimum Gasteiger partial charge on any atom is -0.463 e. The van der Waals surface area contributed by atoms with Crippen LogP contribution >= 0.6 is 0 Å². The number of carbonyl (C=O) groups excluding carboxylic acids is 1. The summed E-state index contributed by atoms with van der Waals surface area (Å²) in [6.07, 6.45) is 0. The SMILES string of the molecule is CC.CC.CC(=O)OCCOCCOCCOCCN.[HH]. The van der Waals surface area contributed by atoms with Gasteiger partial charge in [-0.05, 0) is 0 Å². The van der Waals surface area contributed by atoms with Crippen molar-refractivity contribution in [3.05, 3.63) is 0 Å². The molecule has 0 atom stereocenters. The van der Waals surface area contributed by atoms with E-state index in [9.17, 15) is 4.79 Å². The topological polar surface area (TPSA) is 80.0 Å². The van der Waals surface area contributed by atoms with E-state index < -0.39 is 0 Å². The summed E-state index contributed by atoms with van der Waals surface area (Å²) in [6, 6.07) is 0. The summed E-state index contributed by atoms with van der Waals surface area (Å²) in [7, 11) is 0. The van der Waals surface area contributed by atoms with Gasteiger partial charge in [-0.25, -0.2) is 0 Å². The molecule has 0 unspecified atom stereocenters. The van der Waals surface area contributed by atoms with Gasteiger partial charge in [0.1, 0.15) is 6.61 Å². The summed E-state index contributed by atoms with van der Waals surface area (Å²) in [5.74, 6) is -0.295. The standard InChI is InChI=1S/C10H21NO5.2C2H6.H2/c1-10(12)16-9-8-15-7-6-14-5-4-13-3-2-11;2*1-2;/h2-9,11H2,1H3;2*1-2H3;1H. The fourth-order valence-electron chi connectivity index (χ4n) is 0.870. The lowest BCUT2D eigenvalue weighted by Crippen LogP contribution is -2.14. The lowest BCUT2D eigenvalue weighted by atomic mass is 10.7. The van der Waals surface area contributed by atoms with Crippen LogP contribution in [0.25, 0.3) is 0 Å². The van der Waals surface area contributed by atoms with Gasteiger partial charge in [0.15, 0.2) is 0 Å². The maximum Gasteiger partial charge on any atom is 0.302 e. The van der Waals surface area contributed by atoms with Gasteiger partial charge in [0.25, 0.3) is 0 Å². The molecule has 6 nitrogen and oxygen atoms in total. The molecule has 0 fully saturated rings. The van der Waals surface area contributed by atoms with E-state index in [0.717, 1.165) is 0 Å². The molecular formula is C14H35NO5. The zero-order valence-corrected chi connectivity index (χ0v) is 13.8. The van der Waals surface area contributed by atoms with Gasteiger partial charge in [-0.3, -0.25) is 4.79 Å². The molecule has 0 spiro atoms. The van der Waals surface area contributed by atoms with E-state index in [2.05, 4.69) is 4.74 Å². The van der Waals surface area contributed by atoms with Crippen LogP contribution in [0.15, 0.2) is 0 Å². The van der Waals surface area contributed by atoms with Gasteiger partial charge in [0.2, 0.25) is 0 Å². The predicted octanol–water partition coefficient (Wildman–Crippen LogP) is 1.86. The molecule has 0 amide bonds. The Morgan fingerprint density at radius 1 is 0.800 bits per heavy atom. The average Bonchev–Trinajstić information content (AvgIpc) is 2.48. The normalized spacial score (nSPS) is 8.90. The molecule has 0 aromatic carbocycles. The third-order valence-corrected chi connectivity index (χ3v) is 1.54. The number of rotatable bonds is 11. The van der Waals surface area contributed by atoms with Gasteiger partial charge in [-0.15, -0.1) is 0 Å². The molecule has 0 aromatic rings. The number of hydrogen-bond acceptors (Lipinski definition) is 6. The highest BCUT2D eigenvalue weighted by Crippen LogP contribution is 1.82. The van der Waals surface area contributed by atoms with E-state index in [1.807, 2.05) is 27.7 Å². The fourth-order valence-corrected chi connectivity index (χ4v) is 0.870. The second kappa shape index (κ2) is 26.8. The Bertz CT molecular complexity index is 173. The summed E-state index contributed by atoms with van der Waals surface area (Å²) < 4.78 is 20.1. The molecule has 0 aliphatic rings. The number of hydrogen-bond donors (Lipinski definition) is 1. The second-order valence-corrected chi connectivity index (χ2v) is 2.97. The van der Waals surface area contributed by atoms with Crippen LogP contribution in [0, 0.1) is 0 Å². The molecule has 0 saturated carbocycles. The van der Waals surface area contributed by atoms with Gasteiger partial charge in [0, 0.05) is 14.9 Å². The van der Waals surface area contributed by atoms with Crippen LogP contribution < -0.4 is 5.73 Å². The van der Waals surface area contributed by atoms with Crippen LogP contribution in [0.4, 0.5) is 0 Å². The van der Waals surface area contributed by atoms with E-state index in [0.29, 0.717) is 46.2 Å². The Kier molecular flexibility index (Phi) is 32.6. The average molecular weight is 297 g/mol. The Hall–Kier alpha value is -0.690. The second-order valence-electron chi connectivity index (χ2n) is 2.97. The molecular weight excluding hydrogens is 262 g/mol. The Balaban J connectivity index is -0.000000264. The Labute approximate surface area is 125 Å². The van der Waals surface area contributed by atoms with Crippen LogP contribution in [0.3, 0.4) is 0 Å². The molecule has 0 heterocycles. The molecule has 0 saturated heterocycles. The first kappa shape index (κ1) is 24.3. The van der Waals surface area contributed by atoms with Gasteiger partial charge in [0.05, 0.1) is 39.6 Å². The molecule has 0 aliphatic carbocycles. The smallest absolute Gasteiger partial charge is 0.302 e. The van der Waals surface area contributed by atoms with Crippen molar-refractivity contribution in [3.8, 4) is 0 Å². The fraction of sp³-hybridized carbons (Fsp3) is 0.929. The van der Waals surface area contributed by atoms with Crippen LogP contribution in [0.1, 0.15) is 36.0 Å². The minimum atomic E-state index is -0.295. The van der Waals surface area contributed by atoms with Crippen molar-refractivity contribution in [2.45, 2.75) is 34.6 Å². The van der Waals surface area contributed by atoms with Gasteiger partial charge >= 0.3 is 5.97 Å². The van der Waals surface area contributed by atoms with Crippen LogP contribution in [-0.4, -0.2) is 58.8 Å². The van der Waals surface area contributed by atoms with E-state index in [-0.39, 0.29) is 14.0 Å². The monoisotopic (exact) mass is 297 g/mol. The highest BCUT2D eigenvalue weighted by Gasteiger charge is 1.93. The molecule has 20 heavy (non-hydrogen) atoms. The van der Waals surface area contributed by atoms with Crippen molar-refractivity contribution in [2.75, 3.05) is 52.8 Å². The quantitative estimate of drug-likeness (QED) is 0.463. The highest BCUT2D eigenvalue weighted by atomic mass is 16.6. The third kappa shape index (κ3) is 30.4. The highest BCUT2D eigenvalue weighted by molar-refractivity contribution is 5.65. The third-order valence-electron chi connectivity index (χ3n) is 1.54. The Morgan fingerprint density at radius 2 is 1.15 bits per heavy atom. The first-order valence-electron chi connectivity index (χ1n) is 7.34. The van der Waals surface area contributed by atoms with Crippen molar-refractivity contribution >= 4 is 5.97 Å². The molecule has 126 valence electrons. The van der Waals surface area contributed by atoms with Gasteiger partial charge in [-0.2, -0.15) is 0 Å². The maximum absolute atomic E-state index is 10.4. The summed E-state index contributed by atoms with van der Waals surface area (Å²) in [6.45, 7) is 13.2. The number of ether oxygens (including phenoxy) is 4. The van der Waals surface area contributed by atoms with Gasteiger partial charge in [-0.1, -0.05) is 27.7 Å². The zero-order chi connectivity index (χ0) is 16.1. The maximum atomic E-state index is 10.4. The minimum absolute atomic E-state index is 0. The Morgan fingerprint density at radius 3 is 1.50 bits per heavy atom. The van der Waals surface area contributed by atoms with Crippen molar-refractivity contribution in [1.29, 1.82) is 0 Å². The largest absolute Gasteiger partial charge is 0.463 e. The van der Waals surface area contributed by atoms with Crippen molar-refractivity contribution in [3.63, 3.8) is 0 Å². The molecule has 0 aliphatic heterocycles. The summed E-state index contributed by atoms with van der Waals surface area (Å²) in [5, 5.41) is 0. The first-order chi connectivity index (χ1) is 9.77. The summed E-state index contributed by atoms with van der Waals surface area (Å²) >= 11 is 0. The molecule has 2 N–H and O–H groups in total. The molecule has 6 heteroatoms.